The number of anilines is 1. The van der Waals surface area contributed by atoms with Crippen LogP contribution in [0.4, 0.5) is 14.5 Å². The number of hydrogen-bond donors (Lipinski definition) is 2. The zero-order valence-corrected chi connectivity index (χ0v) is 21.4. The fourth-order valence-electron chi connectivity index (χ4n) is 4.17. The number of benzene rings is 1. The first-order valence-corrected chi connectivity index (χ1v) is 13.7. The summed E-state index contributed by atoms with van der Waals surface area (Å²) in [5, 5.41) is 15.4. The zero-order chi connectivity index (χ0) is 26.6. The number of halogens is 2. The highest BCUT2D eigenvalue weighted by Crippen LogP contribution is 2.47. The topological polar surface area (TPSA) is 135 Å². The van der Waals surface area contributed by atoms with Gasteiger partial charge in [0, 0.05) is 35.6 Å². The highest BCUT2D eigenvalue weighted by Gasteiger charge is 2.55. The van der Waals surface area contributed by atoms with E-state index in [0.29, 0.717) is 5.69 Å². The predicted molar refractivity (Wildman–Crippen MR) is 134 cm³/mol. The van der Waals surface area contributed by atoms with Crippen LogP contribution in [0.25, 0.3) is 0 Å². The van der Waals surface area contributed by atoms with Crippen LogP contribution >= 0.6 is 11.8 Å². The summed E-state index contributed by atoms with van der Waals surface area (Å²) < 4.78 is 61.9. The second-order valence-corrected chi connectivity index (χ2v) is 11.1. The Morgan fingerprint density at radius 3 is 2.59 bits per heavy atom. The molecule has 2 aromatic heterocycles. The lowest BCUT2D eigenvalue weighted by Gasteiger charge is -2.52. The molecular formula is C23H26F2N6O4S2. The van der Waals surface area contributed by atoms with Gasteiger partial charge in [0.2, 0.25) is 0 Å². The molecule has 3 aromatic rings. The van der Waals surface area contributed by atoms with Gasteiger partial charge in [-0.1, -0.05) is 12.1 Å². The smallest absolute Gasteiger partial charge is 0.280 e. The van der Waals surface area contributed by atoms with Crippen molar-refractivity contribution in [1.82, 2.24) is 19.3 Å². The molecule has 37 heavy (non-hydrogen) atoms. The van der Waals surface area contributed by atoms with E-state index in [1.807, 2.05) is 4.90 Å². The molecule has 0 spiro atoms. The SMILES string of the molecule is C[C@H](CO)OC1CN(c2ccncc2)CC(SCc2cccc(F)c2F)(c2ccncn2)N1S(N)(=O)=O. The lowest BCUT2D eigenvalue weighted by Crippen LogP contribution is -2.67. The van der Waals surface area contributed by atoms with Gasteiger partial charge in [0.15, 0.2) is 11.6 Å². The molecule has 2 unspecified atom stereocenters. The van der Waals surface area contributed by atoms with E-state index >= 15 is 0 Å². The summed E-state index contributed by atoms with van der Waals surface area (Å²) >= 11 is 1.02. The van der Waals surface area contributed by atoms with Gasteiger partial charge in [-0.3, -0.25) is 4.98 Å². The molecule has 3 atom stereocenters. The van der Waals surface area contributed by atoms with Crippen LogP contribution in [0.2, 0.25) is 0 Å². The van der Waals surface area contributed by atoms with Gasteiger partial charge < -0.3 is 14.7 Å². The van der Waals surface area contributed by atoms with E-state index in [0.717, 1.165) is 22.1 Å². The second-order valence-electron chi connectivity index (χ2n) is 8.39. The van der Waals surface area contributed by atoms with Crippen molar-refractivity contribution in [3.63, 3.8) is 0 Å². The molecule has 1 saturated heterocycles. The minimum Gasteiger partial charge on any atom is -0.394 e. The van der Waals surface area contributed by atoms with E-state index in [2.05, 4.69) is 15.0 Å². The Labute approximate surface area is 217 Å². The molecule has 1 fully saturated rings. The van der Waals surface area contributed by atoms with Gasteiger partial charge in [0.05, 0.1) is 31.5 Å². The Balaban J connectivity index is 1.89. The third-order valence-electron chi connectivity index (χ3n) is 5.83. The lowest BCUT2D eigenvalue weighted by atomic mass is 10.1. The normalized spacial score (nSPS) is 21.6. The Morgan fingerprint density at radius 1 is 1.22 bits per heavy atom. The van der Waals surface area contributed by atoms with E-state index in [1.54, 1.807) is 31.5 Å². The highest BCUT2D eigenvalue weighted by molar-refractivity contribution is 8.00. The zero-order valence-electron chi connectivity index (χ0n) is 19.8. The molecule has 0 amide bonds. The fourth-order valence-corrected chi connectivity index (χ4v) is 7.03. The number of aliphatic hydroxyl groups excluding tert-OH is 1. The quantitative estimate of drug-likeness (QED) is 0.409. The van der Waals surface area contributed by atoms with Crippen molar-refractivity contribution in [3.05, 3.63) is 84.2 Å². The summed E-state index contributed by atoms with van der Waals surface area (Å²) in [4.78, 5) is 12.6. The van der Waals surface area contributed by atoms with Crippen molar-refractivity contribution in [1.29, 1.82) is 0 Å². The minimum absolute atomic E-state index is 0.0272. The molecule has 10 nitrogen and oxygen atoms in total. The van der Waals surface area contributed by atoms with Gasteiger partial charge >= 0.3 is 0 Å². The third-order valence-corrected chi connectivity index (χ3v) is 8.51. The molecule has 14 heteroatoms. The maximum absolute atomic E-state index is 14.6. The lowest BCUT2D eigenvalue weighted by molar-refractivity contribution is -0.0983. The van der Waals surface area contributed by atoms with Crippen LogP contribution in [0.5, 0.6) is 0 Å². The molecule has 198 valence electrons. The Hall–Kier alpha value is -2.75. The number of aliphatic hydroxyl groups is 1. The molecule has 1 aliphatic rings. The molecule has 4 rings (SSSR count). The van der Waals surface area contributed by atoms with Crippen LogP contribution < -0.4 is 10.0 Å². The summed E-state index contributed by atoms with van der Waals surface area (Å²) in [5.74, 6) is -2.16. The summed E-state index contributed by atoms with van der Waals surface area (Å²) in [6, 6.07) is 8.84. The first-order valence-electron chi connectivity index (χ1n) is 11.2. The highest BCUT2D eigenvalue weighted by atomic mass is 32.2. The van der Waals surface area contributed by atoms with Crippen molar-refractivity contribution in [3.8, 4) is 0 Å². The van der Waals surface area contributed by atoms with Crippen molar-refractivity contribution in [2.75, 3.05) is 24.6 Å². The van der Waals surface area contributed by atoms with Crippen LogP contribution in [0, 0.1) is 11.6 Å². The second kappa shape index (κ2) is 11.3. The molecule has 1 aromatic carbocycles. The van der Waals surface area contributed by atoms with Crippen LogP contribution in [0.3, 0.4) is 0 Å². The third kappa shape index (κ3) is 5.89. The van der Waals surface area contributed by atoms with Gasteiger partial charge in [-0.15, -0.1) is 16.1 Å². The van der Waals surface area contributed by atoms with Crippen LogP contribution in [0.1, 0.15) is 18.2 Å². The molecule has 0 bridgehead atoms. The largest absolute Gasteiger partial charge is 0.394 e. The number of nitrogens with two attached hydrogens (primary N) is 1. The Kier molecular flexibility index (Phi) is 8.36. The molecule has 0 aliphatic carbocycles. The number of rotatable bonds is 9. The first kappa shape index (κ1) is 27.3. The first-order chi connectivity index (χ1) is 17.7. The van der Waals surface area contributed by atoms with E-state index in [9.17, 15) is 22.3 Å². The number of hydrogen-bond acceptors (Lipinski definition) is 9. The van der Waals surface area contributed by atoms with Gasteiger partial charge in [-0.05, 0) is 31.2 Å². The molecule has 1 aliphatic heterocycles. The van der Waals surface area contributed by atoms with E-state index in [4.69, 9.17) is 9.88 Å². The summed E-state index contributed by atoms with van der Waals surface area (Å²) in [7, 11) is -4.47. The van der Waals surface area contributed by atoms with Crippen LogP contribution in [-0.2, 0) is 25.6 Å². The number of piperazine rings is 1. The monoisotopic (exact) mass is 552 g/mol. The Bertz CT molecular complexity index is 1310. The molecule has 0 saturated carbocycles. The van der Waals surface area contributed by atoms with Crippen molar-refractivity contribution >= 4 is 27.7 Å². The summed E-state index contributed by atoms with van der Waals surface area (Å²) in [6.45, 7) is 1.31. The minimum atomic E-state index is -4.47. The predicted octanol–water partition coefficient (Wildman–Crippen LogP) is 1.99. The standard InChI is InChI=1S/C23H26F2N6O4S2/c1-16(12-32)35-21-11-30(18-5-8-27-9-6-18)14-23(31(21)37(26,33)34,20-7-10-28-15-29-20)36-13-17-3-2-4-19(24)22(17)25/h2-10,15-16,21,32H,11-14H2,1H3,(H2,26,33,34)/t16-,21?,23?/m1/s1. The number of aromatic nitrogens is 3. The van der Waals surface area contributed by atoms with E-state index < -0.39 is 39.0 Å². The van der Waals surface area contributed by atoms with Gasteiger partial charge in [0.25, 0.3) is 10.2 Å². The molecular weight excluding hydrogens is 526 g/mol. The fraction of sp³-hybridized carbons (Fsp3) is 0.348. The van der Waals surface area contributed by atoms with Crippen LogP contribution in [-0.4, -0.2) is 64.8 Å². The van der Waals surface area contributed by atoms with E-state index in [1.165, 1.54) is 30.7 Å². The van der Waals surface area contributed by atoms with Gasteiger partial charge in [-0.25, -0.2) is 23.9 Å². The molecule has 0 radical (unpaired) electrons. The molecule has 3 N–H and O–H groups in total. The van der Waals surface area contributed by atoms with Crippen molar-refractivity contribution in [2.45, 2.75) is 29.9 Å². The number of ether oxygens (including phenoxy) is 1. The van der Waals surface area contributed by atoms with Crippen LogP contribution in [0.15, 0.2) is 61.3 Å². The summed E-state index contributed by atoms with van der Waals surface area (Å²) in [6.07, 6.45) is 4.00. The maximum Gasteiger partial charge on any atom is 0.280 e. The van der Waals surface area contributed by atoms with E-state index in [-0.39, 0.29) is 36.7 Å². The number of pyridine rings is 1. The van der Waals surface area contributed by atoms with Crippen molar-refractivity contribution < 1.29 is 27.0 Å². The number of nitrogens with zero attached hydrogens (tertiary/aromatic N) is 5. The average Bonchev–Trinajstić information content (AvgIpc) is 2.89. The average molecular weight is 553 g/mol. The Morgan fingerprint density at radius 2 is 1.95 bits per heavy atom. The molecule has 3 heterocycles. The maximum atomic E-state index is 14.6. The number of thioether (sulfide) groups is 1. The summed E-state index contributed by atoms with van der Waals surface area (Å²) in [5.41, 5.74) is 1.02. The van der Waals surface area contributed by atoms with Gasteiger partial charge in [-0.2, -0.15) is 8.42 Å². The van der Waals surface area contributed by atoms with Gasteiger partial charge in [0.1, 0.15) is 17.4 Å². The van der Waals surface area contributed by atoms with Crippen molar-refractivity contribution in [2.24, 2.45) is 5.14 Å².